The van der Waals surface area contributed by atoms with Crippen LogP contribution in [-0.4, -0.2) is 45.9 Å². The number of esters is 1. The zero-order valence-electron chi connectivity index (χ0n) is 11.6. The molecule has 1 atom stereocenters. The third kappa shape index (κ3) is 4.09. The lowest BCUT2D eigenvalue weighted by atomic mass is 10.3. The Morgan fingerprint density at radius 1 is 1.38 bits per heavy atom. The first kappa shape index (κ1) is 18.3. The molecule has 7 nitrogen and oxygen atoms in total. The minimum atomic E-state index is -5.17. The van der Waals surface area contributed by atoms with Crippen LogP contribution in [-0.2, 0) is 23.3 Å². The maximum atomic E-state index is 12.1. The molecule has 1 heterocycles. The predicted molar refractivity (Wildman–Crippen MR) is 74.1 cm³/mol. The second-order valence-electron chi connectivity index (χ2n) is 4.62. The molecule has 12 heteroatoms. The highest BCUT2D eigenvalue weighted by atomic mass is 35.7. The van der Waals surface area contributed by atoms with Gasteiger partial charge in [0.05, 0.1) is 12.2 Å². The lowest BCUT2D eigenvalue weighted by molar-refractivity contribution is -0.201. The van der Waals surface area contributed by atoms with Crippen LogP contribution in [0.3, 0.4) is 0 Å². The molecule has 1 unspecified atom stereocenters. The molecule has 24 heavy (non-hydrogen) atoms. The van der Waals surface area contributed by atoms with Crippen molar-refractivity contribution in [3.05, 3.63) is 24.3 Å². The summed E-state index contributed by atoms with van der Waals surface area (Å²) in [7, 11) is 1.11. The Balaban J connectivity index is 2.13. The van der Waals surface area contributed by atoms with Gasteiger partial charge in [0, 0.05) is 10.7 Å². The number of anilines is 1. The average molecular weight is 388 g/mol. The molecule has 0 spiro atoms. The van der Waals surface area contributed by atoms with Crippen molar-refractivity contribution in [1.82, 2.24) is 0 Å². The monoisotopic (exact) mass is 387 g/mol. The summed E-state index contributed by atoms with van der Waals surface area (Å²) in [6, 6.07) is 5.25. The number of carbonyl (C=O) groups is 2. The van der Waals surface area contributed by atoms with E-state index in [2.05, 4.69) is 4.74 Å². The molecule has 0 N–H and O–H groups in total. The Morgan fingerprint density at radius 3 is 2.58 bits per heavy atom. The van der Waals surface area contributed by atoms with Crippen LogP contribution in [0.2, 0.25) is 0 Å². The zero-order chi connectivity index (χ0) is 18.1. The van der Waals surface area contributed by atoms with E-state index in [1.54, 1.807) is 0 Å². The minimum absolute atomic E-state index is 0.0952. The smallest absolute Gasteiger partial charge is 0.455 e. The molecule has 0 aliphatic carbocycles. The van der Waals surface area contributed by atoms with Crippen molar-refractivity contribution in [2.24, 2.45) is 0 Å². The SMILES string of the molecule is O=C1OC(COC(=O)C(F)(F)F)CN1c1ccccc1S(=O)(=O)Cl. The van der Waals surface area contributed by atoms with Gasteiger partial charge >= 0.3 is 18.2 Å². The van der Waals surface area contributed by atoms with Crippen molar-refractivity contribution in [2.45, 2.75) is 17.2 Å². The molecule has 0 radical (unpaired) electrons. The summed E-state index contributed by atoms with van der Waals surface area (Å²) in [5, 5.41) is 0. The highest BCUT2D eigenvalue weighted by Gasteiger charge is 2.42. The summed E-state index contributed by atoms with van der Waals surface area (Å²) in [6.45, 7) is -1.14. The summed E-state index contributed by atoms with van der Waals surface area (Å²) in [6.07, 6.45) is -7.35. The van der Waals surface area contributed by atoms with Crippen LogP contribution in [0.25, 0.3) is 0 Å². The standard InChI is InChI=1S/C12H9ClF3NO6S/c13-24(20,21)9-4-2-1-3-8(9)17-5-7(23-11(17)19)6-22-10(18)12(14,15)16/h1-4,7H,5-6H2. The van der Waals surface area contributed by atoms with Crippen LogP contribution in [0.1, 0.15) is 0 Å². The number of ether oxygens (including phenoxy) is 2. The first-order chi connectivity index (χ1) is 11.0. The molecular formula is C12H9ClF3NO6S. The first-order valence-electron chi connectivity index (χ1n) is 6.26. The van der Waals surface area contributed by atoms with E-state index in [9.17, 15) is 31.2 Å². The second-order valence-corrected chi connectivity index (χ2v) is 7.15. The summed E-state index contributed by atoms with van der Waals surface area (Å²) < 4.78 is 68.0. The molecule has 1 amide bonds. The molecular weight excluding hydrogens is 379 g/mol. The number of rotatable bonds is 4. The molecule has 1 saturated heterocycles. The van der Waals surface area contributed by atoms with Crippen LogP contribution in [0, 0.1) is 0 Å². The number of hydrogen-bond acceptors (Lipinski definition) is 6. The molecule has 1 aliphatic heterocycles. The summed E-state index contributed by atoms with van der Waals surface area (Å²) in [5.41, 5.74) is -0.0952. The number of para-hydroxylation sites is 1. The van der Waals surface area contributed by atoms with Crippen LogP contribution >= 0.6 is 10.7 Å². The van der Waals surface area contributed by atoms with Crippen molar-refractivity contribution in [3.8, 4) is 0 Å². The fourth-order valence-electron chi connectivity index (χ4n) is 1.94. The highest BCUT2D eigenvalue weighted by Crippen LogP contribution is 2.31. The Labute approximate surface area is 138 Å². The molecule has 132 valence electrons. The Kier molecular flexibility index (Phi) is 4.95. The predicted octanol–water partition coefficient (Wildman–Crippen LogP) is 2.04. The number of halogens is 4. The molecule has 0 aromatic heterocycles. The number of nitrogens with zero attached hydrogens (tertiary/aromatic N) is 1. The van der Waals surface area contributed by atoms with Gasteiger partial charge < -0.3 is 9.47 Å². The number of alkyl halides is 3. The average Bonchev–Trinajstić information content (AvgIpc) is 2.83. The van der Waals surface area contributed by atoms with Gasteiger partial charge in [-0.2, -0.15) is 13.2 Å². The maximum absolute atomic E-state index is 12.1. The fourth-order valence-corrected chi connectivity index (χ4v) is 3.00. The highest BCUT2D eigenvalue weighted by molar-refractivity contribution is 8.13. The van der Waals surface area contributed by atoms with Crippen molar-refractivity contribution < 1.29 is 40.7 Å². The van der Waals surface area contributed by atoms with E-state index in [-0.39, 0.29) is 17.1 Å². The van der Waals surface area contributed by atoms with E-state index in [0.717, 1.165) is 11.0 Å². The minimum Gasteiger partial charge on any atom is -0.455 e. The summed E-state index contributed by atoms with van der Waals surface area (Å²) in [4.78, 5) is 23.0. The second kappa shape index (κ2) is 6.48. The summed E-state index contributed by atoms with van der Waals surface area (Å²) >= 11 is 0. The topological polar surface area (TPSA) is 90.0 Å². The van der Waals surface area contributed by atoms with Gasteiger partial charge in [-0.1, -0.05) is 12.1 Å². The lowest BCUT2D eigenvalue weighted by Crippen LogP contribution is -2.31. The van der Waals surface area contributed by atoms with Crippen LogP contribution in [0.15, 0.2) is 29.2 Å². The van der Waals surface area contributed by atoms with E-state index in [1.807, 2.05) is 0 Å². The van der Waals surface area contributed by atoms with E-state index in [4.69, 9.17) is 15.4 Å². The van der Waals surface area contributed by atoms with Gasteiger partial charge in [0.2, 0.25) is 0 Å². The van der Waals surface area contributed by atoms with E-state index in [0.29, 0.717) is 0 Å². The van der Waals surface area contributed by atoms with Crippen molar-refractivity contribution in [1.29, 1.82) is 0 Å². The third-order valence-electron chi connectivity index (χ3n) is 2.92. The van der Waals surface area contributed by atoms with E-state index in [1.165, 1.54) is 18.2 Å². The van der Waals surface area contributed by atoms with E-state index < -0.39 is 40.0 Å². The Bertz CT molecular complexity index is 766. The van der Waals surface area contributed by atoms with Gasteiger partial charge in [-0.15, -0.1) is 0 Å². The molecule has 1 aromatic rings. The zero-order valence-corrected chi connectivity index (χ0v) is 13.2. The third-order valence-corrected chi connectivity index (χ3v) is 4.29. The largest absolute Gasteiger partial charge is 0.490 e. The van der Waals surface area contributed by atoms with Crippen molar-refractivity contribution in [2.75, 3.05) is 18.1 Å². The Hall–Kier alpha value is -2.01. The number of cyclic esters (lactones) is 1. The quantitative estimate of drug-likeness (QED) is 0.580. The van der Waals surface area contributed by atoms with Gasteiger partial charge in [0.25, 0.3) is 9.05 Å². The number of amides is 1. The van der Waals surface area contributed by atoms with Gasteiger partial charge in [-0.05, 0) is 12.1 Å². The summed E-state index contributed by atoms with van der Waals surface area (Å²) in [5.74, 6) is -2.42. The van der Waals surface area contributed by atoms with Crippen LogP contribution in [0.4, 0.5) is 23.7 Å². The Morgan fingerprint density at radius 2 is 2.00 bits per heavy atom. The first-order valence-corrected chi connectivity index (χ1v) is 8.57. The molecule has 1 fully saturated rings. The van der Waals surface area contributed by atoms with Crippen molar-refractivity contribution in [3.63, 3.8) is 0 Å². The number of carbonyl (C=O) groups excluding carboxylic acids is 2. The number of hydrogen-bond donors (Lipinski definition) is 0. The van der Waals surface area contributed by atoms with Crippen LogP contribution in [0.5, 0.6) is 0 Å². The number of benzene rings is 1. The lowest BCUT2D eigenvalue weighted by Gasteiger charge is -2.15. The van der Waals surface area contributed by atoms with Gasteiger partial charge in [0.1, 0.15) is 11.5 Å². The van der Waals surface area contributed by atoms with Gasteiger partial charge in [-0.25, -0.2) is 18.0 Å². The molecule has 1 aliphatic rings. The van der Waals surface area contributed by atoms with Crippen molar-refractivity contribution >= 4 is 37.5 Å². The molecule has 0 saturated carbocycles. The maximum Gasteiger partial charge on any atom is 0.490 e. The molecule has 1 aromatic carbocycles. The fraction of sp³-hybridized carbons (Fsp3) is 0.333. The van der Waals surface area contributed by atoms with Crippen LogP contribution < -0.4 is 4.90 Å². The molecule has 0 bridgehead atoms. The normalized spacial score (nSPS) is 18.4. The van der Waals surface area contributed by atoms with Gasteiger partial charge in [0.15, 0.2) is 6.10 Å². The van der Waals surface area contributed by atoms with E-state index >= 15 is 0 Å². The van der Waals surface area contributed by atoms with Gasteiger partial charge in [-0.3, -0.25) is 4.90 Å². The molecule has 2 rings (SSSR count).